The molecule has 0 amide bonds. The van der Waals surface area contributed by atoms with Gasteiger partial charge in [0.2, 0.25) is 0 Å². The normalized spacial score (nSPS) is 13.9. The number of aryl methyl sites for hydroxylation is 3. The van der Waals surface area contributed by atoms with Crippen molar-refractivity contribution in [3.8, 4) is 11.3 Å². The van der Waals surface area contributed by atoms with Crippen molar-refractivity contribution in [3.63, 3.8) is 0 Å². The monoisotopic (exact) mass is 552 g/mol. The Morgan fingerprint density at radius 1 is 0.838 bits per heavy atom. The standard InChI is InChI=1S/C32H32N4Se/c1-20-14-23(18-24(15-20)36-13-12-35(6)19-36)32(4,5)29-17-21(2)16-28(34-29)27-9-7-8-25-26-11-10-22(3)33-31(26)37-30(25)27/h7-18H,19H2,1-6H3. The van der Waals surface area contributed by atoms with Crippen LogP contribution in [-0.2, 0) is 5.41 Å². The van der Waals surface area contributed by atoms with E-state index >= 15 is 0 Å². The first-order chi connectivity index (χ1) is 17.7. The maximum absolute atomic E-state index is 5.33. The van der Waals surface area contributed by atoms with E-state index in [-0.39, 0.29) is 19.9 Å². The van der Waals surface area contributed by atoms with Crippen molar-refractivity contribution < 1.29 is 0 Å². The van der Waals surface area contributed by atoms with Gasteiger partial charge in [-0.15, -0.1) is 0 Å². The fraction of sp³-hybridized carbons (Fsp3) is 0.250. The molecule has 0 fully saturated rings. The van der Waals surface area contributed by atoms with Crippen LogP contribution in [0.15, 0.2) is 73.1 Å². The zero-order chi connectivity index (χ0) is 25.9. The van der Waals surface area contributed by atoms with Crippen molar-refractivity contribution in [2.24, 2.45) is 0 Å². The van der Waals surface area contributed by atoms with Crippen LogP contribution in [-0.4, -0.2) is 43.1 Å². The van der Waals surface area contributed by atoms with Crippen LogP contribution >= 0.6 is 0 Å². The Labute approximate surface area is 225 Å². The second-order valence-electron chi connectivity index (χ2n) is 10.9. The van der Waals surface area contributed by atoms with Gasteiger partial charge in [0.05, 0.1) is 0 Å². The average Bonchev–Trinajstić information content (AvgIpc) is 3.46. The first kappa shape index (κ1) is 24.0. The molecular formula is C32H32N4Se. The first-order valence-corrected chi connectivity index (χ1v) is 14.5. The summed E-state index contributed by atoms with van der Waals surface area (Å²) in [5.41, 5.74) is 9.24. The Hall–Kier alpha value is -3.40. The van der Waals surface area contributed by atoms with E-state index in [1.54, 1.807) is 0 Å². The molecule has 1 aliphatic rings. The Balaban J connectivity index is 1.47. The van der Waals surface area contributed by atoms with Gasteiger partial charge in [-0.25, -0.2) is 0 Å². The molecule has 3 aromatic heterocycles. The molecule has 0 saturated heterocycles. The molecule has 4 heterocycles. The van der Waals surface area contributed by atoms with Crippen molar-refractivity contribution in [1.29, 1.82) is 0 Å². The number of hydrogen-bond acceptors (Lipinski definition) is 4. The van der Waals surface area contributed by atoms with Crippen molar-refractivity contribution in [2.45, 2.75) is 40.0 Å². The van der Waals surface area contributed by atoms with Gasteiger partial charge in [-0.3, -0.25) is 0 Å². The van der Waals surface area contributed by atoms with E-state index in [1.165, 1.54) is 47.4 Å². The Bertz CT molecular complexity index is 1690. The zero-order valence-corrected chi connectivity index (χ0v) is 24.0. The number of aromatic nitrogens is 2. The van der Waals surface area contributed by atoms with E-state index in [4.69, 9.17) is 9.97 Å². The molecule has 4 nitrogen and oxygen atoms in total. The molecule has 0 N–H and O–H groups in total. The average molecular weight is 552 g/mol. The van der Waals surface area contributed by atoms with Crippen LogP contribution in [0.3, 0.4) is 0 Å². The van der Waals surface area contributed by atoms with Gasteiger partial charge in [0, 0.05) is 7.05 Å². The third-order valence-corrected chi connectivity index (χ3v) is 9.79. The number of fused-ring (bicyclic) bond motifs is 3. The van der Waals surface area contributed by atoms with Crippen LogP contribution in [0.1, 0.15) is 41.9 Å². The van der Waals surface area contributed by atoms with Crippen molar-refractivity contribution in [3.05, 3.63) is 101 Å². The molecule has 0 bridgehead atoms. The van der Waals surface area contributed by atoms with Gasteiger partial charge in [-0.1, -0.05) is 0 Å². The summed E-state index contributed by atoms with van der Waals surface area (Å²) >= 11 is 0.177. The molecule has 1 aliphatic heterocycles. The number of rotatable bonds is 4. The molecule has 5 aromatic rings. The molecule has 0 saturated carbocycles. The molecule has 0 atom stereocenters. The molecule has 186 valence electrons. The topological polar surface area (TPSA) is 32.3 Å². The maximum atomic E-state index is 5.33. The third-order valence-electron chi connectivity index (χ3n) is 7.38. The molecular weight excluding hydrogens is 519 g/mol. The minimum absolute atomic E-state index is 0.177. The number of nitrogens with zero attached hydrogens (tertiary/aromatic N) is 4. The predicted molar refractivity (Wildman–Crippen MR) is 156 cm³/mol. The first-order valence-electron chi connectivity index (χ1n) is 12.7. The Morgan fingerprint density at radius 3 is 2.43 bits per heavy atom. The summed E-state index contributed by atoms with van der Waals surface area (Å²) in [4.78, 5) is 14.7. The van der Waals surface area contributed by atoms with Gasteiger partial charge >= 0.3 is 218 Å². The van der Waals surface area contributed by atoms with Crippen LogP contribution in [0.25, 0.3) is 30.7 Å². The predicted octanol–water partition coefficient (Wildman–Crippen LogP) is 6.94. The van der Waals surface area contributed by atoms with E-state index in [1.807, 2.05) is 0 Å². The van der Waals surface area contributed by atoms with Gasteiger partial charge in [0.15, 0.2) is 0 Å². The van der Waals surface area contributed by atoms with Gasteiger partial charge in [0.1, 0.15) is 0 Å². The molecule has 37 heavy (non-hydrogen) atoms. The third kappa shape index (κ3) is 4.26. The summed E-state index contributed by atoms with van der Waals surface area (Å²) in [7, 11) is 2.10. The summed E-state index contributed by atoms with van der Waals surface area (Å²) in [5, 5.41) is 2.60. The zero-order valence-electron chi connectivity index (χ0n) is 22.3. The molecule has 0 aliphatic carbocycles. The van der Waals surface area contributed by atoms with Gasteiger partial charge < -0.3 is 0 Å². The number of pyridine rings is 2. The molecule has 0 radical (unpaired) electrons. The van der Waals surface area contributed by atoms with Crippen molar-refractivity contribution in [2.75, 3.05) is 18.6 Å². The Morgan fingerprint density at radius 2 is 1.65 bits per heavy atom. The summed E-state index contributed by atoms with van der Waals surface area (Å²) in [5.74, 6) is 0. The number of benzene rings is 2. The molecule has 0 unspecified atom stereocenters. The van der Waals surface area contributed by atoms with E-state index < -0.39 is 0 Å². The second kappa shape index (κ2) is 8.86. The molecule has 6 rings (SSSR count). The quantitative estimate of drug-likeness (QED) is 0.227. The van der Waals surface area contributed by atoms with Crippen LogP contribution in [0, 0.1) is 20.8 Å². The fourth-order valence-electron chi connectivity index (χ4n) is 5.23. The van der Waals surface area contributed by atoms with Crippen LogP contribution in [0.2, 0.25) is 0 Å². The fourth-order valence-corrected chi connectivity index (χ4v) is 7.84. The summed E-state index contributed by atoms with van der Waals surface area (Å²) in [6.45, 7) is 11.9. The van der Waals surface area contributed by atoms with Crippen LogP contribution in [0.4, 0.5) is 5.69 Å². The minimum atomic E-state index is -0.248. The number of anilines is 1. The molecule has 0 spiro atoms. The summed E-state index contributed by atoms with van der Waals surface area (Å²) in [6.07, 6.45) is 4.27. The number of hydrogen-bond donors (Lipinski definition) is 0. The van der Waals surface area contributed by atoms with Crippen LogP contribution < -0.4 is 4.90 Å². The van der Waals surface area contributed by atoms with Crippen molar-refractivity contribution in [1.82, 2.24) is 14.9 Å². The second-order valence-corrected chi connectivity index (χ2v) is 12.9. The van der Waals surface area contributed by atoms with E-state index in [0.29, 0.717) is 0 Å². The van der Waals surface area contributed by atoms with E-state index in [0.717, 1.165) is 23.8 Å². The van der Waals surface area contributed by atoms with Gasteiger partial charge in [-0.2, -0.15) is 0 Å². The Kier molecular flexibility index (Phi) is 5.74. The van der Waals surface area contributed by atoms with Gasteiger partial charge in [-0.05, 0) is 0 Å². The summed E-state index contributed by atoms with van der Waals surface area (Å²) in [6, 6.07) is 22.4. The molecule has 5 heteroatoms. The van der Waals surface area contributed by atoms with Crippen molar-refractivity contribution >= 4 is 39.6 Å². The van der Waals surface area contributed by atoms with Gasteiger partial charge in [0.25, 0.3) is 0 Å². The summed E-state index contributed by atoms with van der Waals surface area (Å²) < 4.78 is 2.63. The van der Waals surface area contributed by atoms with E-state index in [9.17, 15) is 0 Å². The van der Waals surface area contributed by atoms with E-state index in [2.05, 4.69) is 125 Å². The van der Waals surface area contributed by atoms with Crippen LogP contribution in [0.5, 0.6) is 0 Å². The molecule has 2 aromatic carbocycles. The SMILES string of the molecule is Cc1cc(N2C=CN(C)C2)cc(C(C)(C)c2cc(C)cc(-c3cccc4c3[se]c3nc(C)ccc34)n2)c1.